The Hall–Kier alpha value is -3.15. The molecule has 6 nitrogen and oxygen atoms in total. The number of hydrogen-bond acceptors (Lipinski definition) is 6. The first-order valence-electron chi connectivity index (χ1n) is 27.0. The van der Waals surface area contributed by atoms with E-state index in [1.165, 1.54) is 122 Å². The van der Waals surface area contributed by atoms with Crippen molar-refractivity contribution in [1.29, 1.82) is 0 Å². The smallest absolute Gasteiger partial charge is 0.306 e. The van der Waals surface area contributed by atoms with Gasteiger partial charge >= 0.3 is 17.9 Å². The van der Waals surface area contributed by atoms with Crippen molar-refractivity contribution in [2.45, 2.75) is 264 Å². The number of rotatable bonds is 48. The first kappa shape index (κ1) is 60.9. The van der Waals surface area contributed by atoms with Gasteiger partial charge in [-0.1, -0.05) is 209 Å². The Morgan fingerprint density at radius 2 is 0.656 bits per heavy atom. The molecule has 64 heavy (non-hydrogen) atoms. The summed E-state index contributed by atoms with van der Waals surface area (Å²) in [5.41, 5.74) is 0. The van der Waals surface area contributed by atoms with Crippen LogP contribution >= 0.6 is 0 Å². The van der Waals surface area contributed by atoms with E-state index < -0.39 is 6.10 Å². The van der Waals surface area contributed by atoms with Crippen LogP contribution in [0.3, 0.4) is 0 Å². The van der Waals surface area contributed by atoms with E-state index in [2.05, 4.69) is 93.7 Å². The molecule has 0 aliphatic heterocycles. The minimum atomic E-state index is -0.786. The molecule has 0 rings (SSSR count). The van der Waals surface area contributed by atoms with E-state index in [1.807, 2.05) is 0 Å². The SMILES string of the molecule is CC/C=C\C/C=C\C/C=C\CCCCCCCCCCCC(=O)OCC(COC(=O)CCCCCCC/C=C\CCCCC)OC(=O)CCCCCCCC/C=C\C=C/CCCCC. The molecule has 6 heteroatoms. The number of allylic oxidation sites excluding steroid dienone is 12. The fraction of sp³-hybridized carbons (Fsp3) is 0.741. The van der Waals surface area contributed by atoms with Crippen LogP contribution in [-0.4, -0.2) is 37.2 Å². The van der Waals surface area contributed by atoms with Gasteiger partial charge in [0.15, 0.2) is 6.10 Å². The first-order chi connectivity index (χ1) is 31.5. The van der Waals surface area contributed by atoms with Gasteiger partial charge in [0.1, 0.15) is 13.2 Å². The van der Waals surface area contributed by atoms with Crippen molar-refractivity contribution in [3.63, 3.8) is 0 Å². The normalized spacial score (nSPS) is 12.6. The molecular weight excluding hydrogens is 793 g/mol. The monoisotopic (exact) mass is 893 g/mol. The zero-order valence-electron chi connectivity index (χ0n) is 42.0. The van der Waals surface area contributed by atoms with E-state index >= 15 is 0 Å². The second kappa shape index (κ2) is 52.5. The molecule has 0 spiro atoms. The van der Waals surface area contributed by atoms with Crippen LogP contribution in [0.1, 0.15) is 258 Å². The van der Waals surface area contributed by atoms with E-state index in [0.717, 1.165) is 96.3 Å². The van der Waals surface area contributed by atoms with Gasteiger partial charge in [-0.15, -0.1) is 0 Å². The Morgan fingerprint density at radius 1 is 0.344 bits per heavy atom. The van der Waals surface area contributed by atoms with Crippen LogP contribution in [0.25, 0.3) is 0 Å². The molecule has 1 atom stereocenters. The molecule has 0 aliphatic rings. The molecule has 0 saturated carbocycles. The predicted octanol–water partition coefficient (Wildman–Crippen LogP) is 17.8. The number of hydrogen-bond donors (Lipinski definition) is 0. The molecule has 368 valence electrons. The predicted molar refractivity (Wildman–Crippen MR) is 274 cm³/mol. The van der Waals surface area contributed by atoms with E-state index in [9.17, 15) is 14.4 Å². The van der Waals surface area contributed by atoms with Gasteiger partial charge in [-0.05, 0) is 103 Å². The van der Waals surface area contributed by atoms with Gasteiger partial charge in [-0.2, -0.15) is 0 Å². The third kappa shape index (κ3) is 49.9. The number of carbonyl (C=O) groups is 3. The largest absolute Gasteiger partial charge is 0.462 e. The lowest BCUT2D eigenvalue weighted by Crippen LogP contribution is -2.30. The van der Waals surface area contributed by atoms with Crippen molar-refractivity contribution >= 4 is 17.9 Å². The Bertz CT molecular complexity index is 1210. The van der Waals surface area contributed by atoms with Gasteiger partial charge in [-0.25, -0.2) is 0 Å². The zero-order chi connectivity index (χ0) is 46.5. The zero-order valence-corrected chi connectivity index (χ0v) is 42.0. The molecule has 0 fully saturated rings. The molecule has 0 bridgehead atoms. The number of carbonyl (C=O) groups excluding carboxylic acids is 3. The van der Waals surface area contributed by atoms with Gasteiger partial charge in [0.05, 0.1) is 0 Å². The molecular formula is C58H100O6. The van der Waals surface area contributed by atoms with Crippen molar-refractivity contribution < 1.29 is 28.6 Å². The van der Waals surface area contributed by atoms with Crippen LogP contribution in [-0.2, 0) is 28.6 Å². The molecule has 0 radical (unpaired) electrons. The molecule has 0 aromatic heterocycles. The Labute approximate surface area is 395 Å². The summed E-state index contributed by atoms with van der Waals surface area (Å²) in [7, 11) is 0. The van der Waals surface area contributed by atoms with Crippen molar-refractivity contribution in [3.05, 3.63) is 72.9 Å². The summed E-state index contributed by atoms with van der Waals surface area (Å²) in [6.07, 6.45) is 66.0. The molecule has 0 N–H and O–H groups in total. The quantitative estimate of drug-likeness (QED) is 0.0199. The molecule has 0 aromatic rings. The van der Waals surface area contributed by atoms with Crippen molar-refractivity contribution in [3.8, 4) is 0 Å². The Morgan fingerprint density at radius 3 is 1.06 bits per heavy atom. The van der Waals surface area contributed by atoms with E-state index in [-0.39, 0.29) is 31.1 Å². The standard InChI is InChI=1S/C58H100O6/c1-4-7-10-13-16-19-22-25-27-28-29-30-32-33-36-39-42-45-48-51-57(60)63-54-55(53-62-56(59)50-47-44-41-38-35-24-21-18-15-12-9-6-3)64-58(61)52-49-46-43-40-37-34-31-26-23-20-17-14-11-8-5-2/h7,10,16-21,23,25-27,55H,4-6,8-9,11-15,22,24,28-54H2,1-3H3/b10-7-,19-16-,20-17-,21-18-,26-23-,27-25-. The van der Waals surface area contributed by atoms with E-state index in [0.29, 0.717) is 19.3 Å². The van der Waals surface area contributed by atoms with Crippen LogP contribution in [0, 0.1) is 0 Å². The molecule has 0 aliphatic carbocycles. The van der Waals surface area contributed by atoms with Crippen LogP contribution in [0.4, 0.5) is 0 Å². The summed E-state index contributed by atoms with van der Waals surface area (Å²) in [5, 5.41) is 0. The lowest BCUT2D eigenvalue weighted by Gasteiger charge is -2.18. The summed E-state index contributed by atoms with van der Waals surface area (Å²) in [6.45, 7) is 6.46. The molecule has 1 unspecified atom stereocenters. The highest BCUT2D eigenvalue weighted by Crippen LogP contribution is 2.15. The summed E-state index contributed by atoms with van der Waals surface area (Å²) < 4.78 is 16.8. The van der Waals surface area contributed by atoms with Gasteiger partial charge in [-0.3, -0.25) is 14.4 Å². The minimum Gasteiger partial charge on any atom is -0.462 e. The van der Waals surface area contributed by atoms with Gasteiger partial charge in [0, 0.05) is 19.3 Å². The fourth-order valence-electron chi connectivity index (χ4n) is 7.38. The van der Waals surface area contributed by atoms with Crippen molar-refractivity contribution in [1.82, 2.24) is 0 Å². The third-order valence-corrected chi connectivity index (χ3v) is 11.4. The number of esters is 3. The topological polar surface area (TPSA) is 78.9 Å². The molecule has 0 saturated heterocycles. The Kier molecular flexibility index (Phi) is 49.9. The summed E-state index contributed by atoms with van der Waals surface area (Å²) in [6, 6.07) is 0. The number of ether oxygens (including phenoxy) is 3. The Balaban J connectivity index is 4.38. The molecule has 0 amide bonds. The lowest BCUT2D eigenvalue weighted by atomic mass is 10.1. The second-order valence-electron chi connectivity index (χ2n) is 17.8. The van der Waals surface area contributed by atoms with E-state index in [4.69, 9.17) is 14.2 Å². The van der Waals surface area contributed by atoms with E-state index in [1.54, 1.807) is 0 Å². The summed E-state index contributed by atoms with van der Waals surface area (Å²) in [5.74, 6) is -0.908. The average molecular weight is 893 g/mol. The lowest BCUT2D eigenvalue weighted by molar-refractivity contribution is -0.167. The average Bonchev–Trinajstić information content (AvgIpc) is 3.29. The van der Waals surface area contributed by atoms with Crippen LogP contribution in [0.15, 0.2) is 72.9 Å². The highest BCUT2D eigenvalue weighted by molar-refractivity contribution is 5.71. The van der Waals surface area contributed by atoms with Crippen LogP contribution in [0.2, 0.25) is 0 Å². The number of unbranched alkanes of at least 4 members (excludes halogenated alkanes) is 26. The molecule has 0 aromatic carbocycles. The third-order valence-electron chi connectivity index (χ3n) is 11.4. The maximum atomic E-state index is 12.8. The summed E-state index contributed by atoms with van der Waals surface area (Å²) in [4.78, 5) is 38.0. The van der Waals surface area contributed by atoms with Gasteiger partial charge in [0.2, 0.25) is 0 Å². The minimum absolute atomic E-state index is 0.0855. The first-order valence-corrected chi connectivity index (χ1v) is 27.0. The summed E-state index contributed by atoms with van der Waals surface area (Å²) >= 11 is 0. The fourth-order valence-corrected chi connectivity index (χ4v) is 7.38. The van der Waals surface area contributed by atoms with Crippen molar-refractivity contribution in [2.75, 3.05) is 13.2 Å². The van der Waals surface area contributed by atoms with Crippen LogP contribution in [0.5, 0.6) is 0 Å². The van der Waals surface area contributed by atoms with Gasteiger partial charge in [0.25, 0.3) is 0 Å². The van der Waals surface area contributed by atoms with Crippen molar-refractivity contribution in [2.24, 2.45) is 0 Å². The van der Waals surface area contributed by atoms with Crippen LogP contribution < -0.4 is 0 Å². The van der Waals surface area contributed by atoms with Gasteiger partial charge < -0.3 is 14.2 Å². The highest BCUT2D eigenvalue weighted by atomic mass is 16.6. The highest BCUT2D eigenvalue weighted by Gasteiger charge is 2.19. The molecule has 0 heterocycles. The second-order valence-corrected chi connectivity index (χ2v) is 17.8. The maximum Gasteiger partial charge on any atom is 0.306 e. The maximum absolute atomic E-state index is 12.8.